The number of nitrogens with one attached hydrogen (secondary N) is 2. The number of carbonyl (C=O) groups excluding carboxylic acids is 2. The van der Waals surface area contributed by atoms with Crippen LogP contribution in [0.15, 0.2) is 60.7 Å². The lowest BCUT2D eigenvalue weighted by Crippen LogP contribution is -2.21. The summed E-state index contributed by atoms with van der Waals surface area (Å²) in [5, 5.41) is 22.1. The van der Waals surface area contributed by atoms with Gasteiger partial charge in [0.2, 0.25) is 0 Å². The van der Waals surface area contributed by atoms with Crippen LogP contribution in [0.25, 0.3) is 44.8 Å². The Labute approximate surface area is 168 Å². The molecule has 0 aliphatic heterocycles. The fraction of sp³-hybridized carbons (Fsp3) is 0. The zero-order chi connectivity index (χ0) is 20.8. The minimum Gasteiger partial charge on any atom is -0.545 e. The van der Waals surface area contributed by atoms with Gasteiger partial charge in [0.15, 0.2) is 0 Å². The lowest BCUT2D eigenvalue weighted by atomic mass is 10.1. The van der Waals surface area contributed by atoms with E-state index in [9.17, 15) is 19.8 Å². The topological polar surface area (TPSA) is 138 Å². The summed E-state index contributed by atoms with van der Waals surface area (Å²) >= 11 is 0. The molecule has 8 heteroatoms. The number of hydrogen-bond donors (Lipinski definition) is 2. The van der Waals surface area contributed by atoms with Gasteiger partial charge in [0.05, 0.1) is 34.0 Å². The van der Waals surface area contributed by atoms with Crippen LogP contribution in [-0.2, 0) is 0 Å². The molecule has 0 saturated heterocycles. The molecular formula is C22H12N4O4-2. The van der Waals surface area contributed by atoms with E-state index in [2.05, 4.69) is 19.9 Å². The molecule has 0 atom stereocenters. The van der Waals surface area contributed by atoms with E-state index in [4.69, 9.17) is 0 Å². The standard InChI is InChI=1S/C22H14N4O4/c27-21(28)13-4-6-15-17(9-13)25-19(23-15)11-2-1-3-12(8-11)20-24-16-7-5-14(22(29)30)10-18(16)26-20/h1-10H,(H,23,25)(H,24,26)(H,27,28)(H,29,30)/p-2. The second-order valence-corrected chi connectivity index (χ2v) is 6.79. The Morgan fingerprint density at radius 2 is 1.13 bits per heavy atom. The molecule has 2 N–H and O–H groups in total. The SMILES string of the molecule is O=C([O-])c1ccc2nc(-c3cccc(-c4nc5ccc(C(=O)[O-])cc5[nH]4)c3)[nH]c2c1. The van der Waals surface area contributed by atoms with Crippen molar-refractivity contribution in [2.45, 2.75) is 0 Å². The Morgan fingerprint density at radius 1 is 0.667 bits per heavy atom. The van der Waals surface area contributed by atoms with Crippen LogP contribution in [0, 0.1) is 0 Å². The molecule has 5 rings (SSSR count). The number of benzene rings is 3. The predicted octanol–water partition coefficient (Wildman–Crippen LogP) is 1.50. The monoisotopic (exact) mass is 396 g/mol. The van der Waals surface area contributed by atoms with E-state index < -0.39 is 11.9 Å². The quantitative estimate of drug-likeness (QED) is 0.472. The van der Waals surface area contributed by atoms with Crippen molar-refractivity contribution in [2.75, 3.05) is 0 Å². The van der Waals surface area contributed by atoms with Crippen molar-refractivity contribution >= 4 is 34.0 Å². The second-order valence-electron chi connectivity index (χ2n) is 6.79. The van der Waals surface area contributed by atoms with Crippen molar-refractivity contribution in [3.8, 4) is 22.8 Å². The molecule has 5 aromatic rings. The van der Waals surface area contributed by atoms with Gasteiger partial charge >= 0.3 is 0 Å². The van der Waals surface area contributed by atoms with Gasteiger partial charge in [0.25, 0.3) is 0 Å². The van der Waals surface area contributed by atoms with Crippen molar-refractivity contribution < 1.29 is 19.8 Å². The molecule has 3 aromatic carbocycles. The summed E-state index contributed by atoms with van der Waals surface area (Å²) in [5.74, 6) is -1.33. The molecule has 0 amide bonds. The number of aromatic carboxylic acids is 2. The van der Waals surface area contributed by atoms with Crippen molar-refractivity contribution in [1.29, 1.82) is 0 Å². The van der Waals surface area contributed by atoms with Crippen LogP contribution in [0.1, 0.15) is 20.7 Å². The van der Waals surface area contributed by atoms with Gasteiger partial charge in [-0.1, -0.05) is 30.3 Å². The van der Waals surface area contributed by atoms with Crippen LogP contribution >= 0.6 is 0 Å². The number of H-pyrrole nitrogens is 2. The maximum absolute atomic E-state index is 11.1. The van der Waals surface area contributed by atoms with Crippen molar-refractivity contribution in [2.24, 2.45) is 0 Å². The first-order valence-corrected chi connectivity index (χ1v) is 9.01. The molecule has 0 aliphatic rings. The van der Waals surface area contributed by atoms with Gasteiger partial charge in [-0.05, 0) is 41.5 Å². The predicted molar refractivity (Wildman–Crippen MR) is 105 cm³/mol. The van der Waals surface area contributed by atoms with Crippen LogP contribution in [0.3, 0.4) is 0 Å². The lowest BCUT2D eigenvalue weighted by Gasteiger charge is -2.01. The van der Waals surface area contributed by atoms with Gasteiger partial charge in [-0.3, -0.25) is 0 Å². The molecule has 30 heavy (non-hydrogen) atoms. The molecule has 0 bridgehead atoms. The molecule has 8 nitrogen and oxygen atoms in total. The summed E-state index contributed by atoms with van der Waals surface area (Å²) in [6, 6.07) is 16.6. The fourth-order valence-corrected chi connectivity index (χ4v) is 3.36. The summed E-state index contributed by atoms with van der Waals surface area (Å²) in [7, 11) is 0. The number of carbonyl (C=O) groups is 2. The number of imidazole rings is 2. The number of hydrogen-bond acceptors (Lipinski definition) is 6. The first-order chi connectivity index (χ1) is 14.5. The molecular weight excluding hydrogens is 384 g/mol. The highest BCUT2D eigenvalue weighted by molar-refractivity contribution is 5.93. The van der Waals surface area contributed by atoms with Gasteiger partial charge in [0.1, 0.15) is 11.6 Å². The number of nitrogens with zero attached hydrogens (tertiary/aromatic N) is 2. The third kappa shape index (κ3) is 2.96. The number of carboxylic acid groups (broad SMARTS) is 2. The maximum atomic E-state index is 11.1. The van der Waals surface area contributed by atoms with Crippen LogP contribution in [0.2, 0.25) is 0 Å². The minimum atomic E-state index is -1.25. The smallest absolute Gasteiger partial charge is 0.138 e. The third-order valence-corrected chi connectivity index (χ3v) is 4.84. The van der Waals surface area contributed by atoms with E-state index in [0.717, 1.165) is 11.1 Å². The van der Waals surface area contributed by atoms with Crippen molar-refractivity contribution in [3.05, 3.63) is 71.8 Å². The Hall–Kier alpha value is -4.46. The lowest BCUT2D eigenvalue weighted by molar-refractivity contribution is -0.256. The van der Waals surface area contributed by atoms with E-state index in [1.807, 2.05) is 24.3 Å². The normalized spacial score (nSPS) is 11.2. The highest BCUT2D eigenvalue weighted by atomic mass is 16.4. The average molecular weight is 396 g/mol. The Balaban J connectivity index is 1.55. The largest absolute Gasteiger partial charge is 0.545 e. The van der Waals surface area contributed by atoms with Gasteiger partial charge in [0, 0.05) is 11.1 Å². The van der Waals surface area contributed by atoms with Gasteiger partial charge in [-0.15, -0.1) is 0 Å². The molecule has 146 valence electrons. The van der Waals surface area contributed by atoms with Crippen LogP contribution in [0.5, 0.6) is 0 Å². The van der Waals surface area contributed by atoms with E-state index in [1.54, 1.807) is 12.1 Å². The molecule has 0 fully saturated rings. The number of fused-ring (bicyclic) bond motifs is 2. The maximum Gasteiger partial charge on any atom is 0.138 e. The summed E-state index contributed by atoms with van der Waals surface area (Å²) in [6.45, 7) is 0. The summed E-state index contributed by atoms with van der Waals surface area (Å²) < 4.78 is 0. The Bertz CT molecular complexity index is 1360. The van der Waals surface area contributed by atoms with Gasteiger partial charge in [-0.2, -0.15) is 0 Å². The Kier molecular flexibility index (Phi) is 3.85. The molecule has 2 heterocycles. The molecule has 0 aliphatic carbocycles. The van der Waals surface area contributed by atoms with E-state index in [1.165, 1.54) is 24.3 Å². The average Bonchev–Trinajstić information content (AvgIpc) is 3.36. The van der Waals surface area contributed by atoms with Crippen LogP contribution in [-0.4, -0.2) is 31.9 Å². The third-order valence-electron chi connectivity index (χ3n) is 4.84. The first kappa shape index (κ1) is 17.6. The number of aromatic nitrogens is 4. The zero-order valence-corrected chi connectivity index (χ0v) is 15.3. The van der Waals surface area contributed by atoms with Crippen LogP contribution in [0.4, 0.5) is 0 Å². The second kappa shape index (κ2) is 6.56. The molecule has 0 spiro atoms. The highest BCUT2D eigenvalue weighted by Gasteiger charge is 2.10. The zero-order valence-electron chi connectivity index (χ0n) is 15.3. The summed E-state index contributed by atoms with van der Waals surface area (Å²) in [6.07, 6.45) is 0. The first-order valence-electron chi connectivity index (χ1n) is 9.01. The van der Waals surface area contributed by atoms with E-state index >= 15 is 0 Å². The number of carboxylic acids is 2. The van der Waals surface area contributed by atoms with Crippen molar-refractivity contribution in [3.63, 3.8) is 0 Å². The van der Waals surface area contributed by atoms with Crippen molar-refractivity contribution in [1.82, 2.24) is 19.9 Å². The van der Waals surface area contributed by atoms with Crippen LogP contribution < -0.4 is 10.2 Å². The summed E-state index contributed by atoms with van der Waals surface area (Å²) in [5.41, 5.74) is 4.18. The van der Waals surface area contributed by atoms with Gasteiger partial charge < -0.3 is 29.8 Å². The molecule has 0 radical (unpaired) electrons. The number of rotatable bonds is 4. The van der Waals surface area contributed by atoms with E-state index in [0.29, 0.717) is 33.7 Å². The molecule has 0 unspecified atom stereocenters. The van der Waals surface area contributed by atoms with E-state index in [-0.39, 0.29) is 11.1 Å². The molecule has 0 saturated carbocycles. The fourth-order valence-electron chi connectivity index (χ4n) is 3.36. The summed E-state index contributed by atoms with van der Waals surface area (Å²) in [4.78, 5) is 37.4. The van der Waals surface area contributed by atoms with Gasteiger partial charge in [-0.25, -0.2) is 9.97 Å². The Morgan fingerprint density at radius 3 is 1.57 bits per heavy atom. The number of aromatic amines is 2. The highest BCUT2D eigenvalue weighted by Crippen LogP contribution is 2.27. The minimum absolute atomic E-state index is 0.0738. The molecule has 2 aromatic heterocycles.